The number of hydrogen-bond donors (Lipinski definition) is 2. The van der Waals surface area contributed by atoms with Crippen LogP contribution >= 0.6 is 11.3 Å². The Morgan fingerprint density at radius 1 is 1.38 bits per heavy atom. The maximum atomic E-state index is 9.02. The number of nitrogens with one attached hydrogen (secondary N) is 1. The zero-order valence-corrected chi connectivity index (χ0v) is 13.8. The van der Waals surface area contributed by atoms with Gasteiger partial charge in [0.05, 0.1) is 23.9 Å². The molecule has 2 rings (SSSR count). The van der Waals surface area contributed by atoms with Crippen LogP contribution in [0.15, 0.2) is 6.20 Å². The number of aliphatic hydroxyl groups is 1. The average Bonchev–Trinajstić information content (AvgIpc) is 3.03. The van der Waals surface area contributed by atoms with E-state index in [0.717, 1.165) is 37.3 Å². The highest BCUT2D eigenvalue weighted by atomic mass is 32.1. The number of aromatic nitrogens is 3. The first-order valence-corrected chi connectivity index (χ1v) is 8.25. The minimum absolute atomic E-state index is 0.124. The highest BCUT2D eigenvalue weighted by Crippen LogP contribution is 2.14. The Hall–Kier alpha value is -1.24. The molecule has 2 N–H and O–H groups in total. The SMILES string of the molecule is CCc1cnc(CCNCc2c(C)nn(CCO)c2C)s1. The Balaban J connectivity index is 1.83. The summed E-state index contributed by atoms with van der Waals surface area (Å²) in [6, 6.07) is 0. The molecule has 0 bridgehead atoms. The third kappa shape index (κ3) is 4.12. The minimum atomic E-state index is 0.124. The van der Waals surface area contributed by atoms with Crippen LogP contribution in [-0.2, 0) is 25.9 Å². The molecule has 2 aromatic heterocycles. The van der Waals surface area contributed by atoms with Gasteiger partial charge in [0.25, 0.3) is 0 Å². The zero-order chi connectivity index (χ0) is 15.2. The molecular formula is C15H24N4OS. The Morgan fingerprint density at radius 3 is 2.86 bits per heavy atom. The van der Waals surface area contributed by atoms with E-state index in [9.17, 15) is 0 Å². The first kappa shape index (κ1) is 16.1. The molecule has 0 aromatic carbocycles. The number of nitrogens with zero attached hydrogens (tertiary/aromatic N) is 3. The van der Waals surface area contributed by atoms with E-state index in [1.165, 1.54) is 15.4 Å². The van der Waals surface area contributed by atoms with Crippen molar-refractivity contribution in [2.75, 3.05) is 13.2 Å². The van der Waals surface area contributed by atoms with Crippen LogP contribution in [0.3, 0.4) is 0 Å². The molecule has 0 fully saturated rings. The predicted octanol–water partition coefficient (Wildman–Crippen LogP) is 1.84. The standard InChI is InChI=1S/C15H24N4OS/c1-4-13-9-17-15(21-13)5-6-16-10-14-11(2)18-19(7-8-20)12(14)3/h9,16,20H,4-8,10H2,1-3H3. The molecule has 0 spiro atoms. The van der Waals surface area contributed by atoms with Gasteiger partial charge in [0, 0.05) is 41.8 Å². The Labute approximate surface area is 130 Å². The molecule has 2 aromatic rings. The second-order valence-electron chi connectivity index (χ2n) is 5.10. The maximum absolute atomic E-state index is 9.02. The summed E-state index contributed by atoms with van der Waals surface area (Å²) in [4.78, 5) is 5.78. The highest BCUT2D eigenvalue weighted by Gasteiger charge is 2.10. The lowest BCUT2D eigenvalue weighted by Gasteiger charge is -2.05. The van der Waals surface area contributed by atoms with Crippen molar-refractivity contribution in [3.63, 3.8) is 0 Å². The van der Waals surface area contributed by atoms with Crippen LogP contribution in [0.1, 0.15) is 33.8 Å². The number of aryl methyl sites for hydroxylation is 2. The molecule has 0 aliphatic rings. The molecule has 0 amide bonds. The van der Waals surface area contributed by atoms with Crippen LogP contribution in [0.4, 0.5) is 0 Å². The van der Waals surface area contributed by atoms with Crippen molar-refractivity contribution in [3.05, 3.63) is 33.0 Å². The fraction of sp³-hybridized carbons (Fsp3) is 0.600. The van der Waals surface area contributed by atoms with Gasteiger partial charge in [0.2, 0.25) is 0 Å². The second kappa shape index (κ2) is 7.68. The molecule has 2 heterocycles. The number of aliphatic hydroxyl groups excluding tert-OH is 1. The van der Waals surface area contributed by atoms with Crippen LogP contribution in [0.2, 0.25) is 0 Å². The van der Waals surface area contributed by atoms with Crippen LogP contribution in [0.25, 0.3) is 0 Å². The van der Waals surface area contributed by atoms with Crippen molar-refractivity contribution >= 4 is 11.3 Å². The van der Waals surface area contributed by atoms with Gasteiger partial charge in [0.15, 0.2) is 0 Å². The van der Waals surface area contributed by atoms with Crippen molar-refractivity contribution in [2.24, 2.45) is 0 Å². The Morgan fingerprint density at radius 2 is 2.19 bits per heavy atom. The van der Waals surface area contributed by atoms with Crippen molar-refractivity contribution in [1.29, 1.82) is 0 Å². The molecule has 5 nitrogen and oxygen atoms in total. The minimum Gasteiger partial charge on any atom is -0.394 e. The van der Waals surface area contributed by atoms with E-state index in [2.05, 4.69) is 29.2 Å². The summed E-state index contributed by atoms with van der Waals surface area (Å²) < 4.78 is 1.88. The Bertz CT molecular complexity index is 576. The van der Waals surface area contributed by atoms with Crippen molar-refractivity contribution in [3.8, 4) is 0 Å². The normalized spacial score (nSPS) is 11.2. The van der Waals surface area contributed by atoms with E-state index in [-0.39, 0.29) is 6.61 Å². The molecule has 0 unspecified atom stereocenters. The summed E-state index contributed by atoms with van der Waals surface area (Å²) in [7, 11) is 0. The van der Waals surface area contributed by atoms with Gasteiger partial charge in [-0.25, -0.2) is 4.98 Å². The van der Waals surface area contributed by atoms with E-state index in [4.69, 9.17) is 5.11 Å². The molecule has 0 radical (unpaired) electrons. The lowest BCUT2D eigenvalue weighted by Crippen LogP contribution is -2.17. The quantitative estimate of drug-likeness (QED) is 0.731. The summed E-state index contributed by atoms with van der Waals surface area (Å²) in [6.07, 6.45) is 4.01. The van der Waals surface area contributed by atoms with Gasteiger partial charge in [-0.3, -0.25) is 4.68 Å². The second-order valence-corrected chi connectivity index (χ2v) is 6.30. The van der Waals surface area contributed by atoms with E-state index < -0.39 is 0 Å². The van der Waals surface area contributed by atoms with Gasteiger partial charge >= 0.3 is 0 Å². The van der Waals surface area contributed by atoms with Gasteiger partial charge in [-0.1, -0.05) is 6.92 Å². The molecule has 0 saturated carbocycles. The van der Waals surface area contributed by atoms with Gasteiger partial charge < -0.3 is 10.4 Å². The van der Waals surface area contributed by atoms with Crippen LogP contribution in [0.5, 0.6) is 0 Å². The third-order valence-electron chi connectivity index (χ3n) is 3.61. The first-order valence-electron chi connectivity index (χ1n) is 7.43. The molecule has 6 heteroatoms. The van der Waals surface area contributed by atoms with Crippen molar-refractivity contribution < 1.29 is 5.11 Å². The number of hydrogen-bond acceptors (Lipinski definition) is 5. The van der Waals surface area contributed by atoms with E-state index in [1.807, 2.05) is 17.8 Å². The highest BCUT2D eigenvalue weighted by molar-refractivity contribution is 7.11. The van der Waals surface area contributed by atoms with Crippen LogP contribution in [-0.4, -0.2) is 33.0 Å². The number of thiazole rings is 1. The molecular weight excluding hydrogens is 284 g/mol. The monoisotopic (exact) mass is 308 g/mol. The van der Waals surface area contributed by atoms with Crippen molar-refractivity contribution in [2.45, 2.75) is 46.7 Å². The third-order valence-corrected chi connectivity index (χ3v) is 4.81. The average molecular weight is 308 g/mol. The topological polar surface area (TPSA) is 63.0 Å². The van der Waals surface area contributed by atoms with Gasteiger partial charge in [-0.15, -0.1) is 11.3 Å². The summed E-state index contributed by atoms with van der Waals surface area (Å²) in [5.41, 5.74) is 3.41. The predicted molar refractivity (Wildman–Crippen MR) is 85.7 cm³/mol. The van der Waals surface area contributed by atoms with E-state index >= 15 is 0 Å². The van der Waals surface area contributed by atoms with Crippen molar-refractivity contribution in [1.82, 2.24) is 20.1 Å². The fourth-order valence-corrected chi connectivity index (χ4v) is 3.20. The lowest BCUT2D eigenvalue weighted by molar-refractivity contribution is 0.267. The van der Waals surface area contributed by atoms with Crippen LogP contribution in [0, 0.1) is 13.8 Å². The molecule has 116 valence electrons. The molecule has 0 aliphatic carbocycles. The van der Waals surface area contributed by atoms with E-state index in [0.29, 0.717) is 6.54 Å². The molecule has 21 heavy (non-hydrogen) atoms. The summed E-state index contributed by atoms with van der Waals surface area (Å²) in [5.74, 6) is 0. The smallest absolute Gasteiger partial charge is 0.0940 e. The fourth-order valence-electron chi connectivity index (χ4n) is 2.34. The van der Waals surface area contributed by atoms with Gasteiger partial charge in [0.1, 0.15) is 0 Å². The number of rotatable bonds is 8. The summed E-state index contributed by atoms with van der Waals surface area (Å²) >= 11 is 1.80. The van der Waals surface area contributed by atoms with Crippen LogP contribution < -0.4 is 5.32 Å². The molecule has 0 saturated heterocycles. The lowest BCUT2D eigenvalue weighted by atomic mass is 10.2. The van der Waals surface area contributed by atoms with E-state index in [1.54, 1.807) is 11.3 Å². The first-order chi connectivity index (χ1) is 10.2. The maximum Gasteiger partial charge on any atom is 0.0940 e. The zero-order valence-electron chi connectivity index (χ0n) is 13.0. The van der Waals surface area contributed by atoms with Gasteiger partial charge in [-0.2, -0.15) is 5.10 Å². The Kier molecular flexibility index (Phi) is 5.90. The molecule has 0 aliphatic heterocycles. The summed E-state index contributed by atoms with van der Waals surface area (Å²) in [6.45, 7) is 8.65. The molecule has 0 atom stereocenters. The van der Waals surface area contributed by atoms with Gasteiger partial charge in [-0.05, 0) is 20.3 Å². The summed E-state index contributed by atoms with van der Waals surface area (Å²) in [5, 5.41) is 18.1. The largest absolute Gasteiger partial charge is 0.394 e.